The fourth-order valence-electron chi connectivity index (χ4n) is 3.97. The van der Waals surface area contributed by atoms with Crippen LogP contribution in [0.15, 0.2) is 33.6 Å². The average Bonchev–Trinajstić information content (AvgIpc) is 3.54. The summed E-state index contributed by atoms with van der Waals surface area (Å²) < 4.78 is 27.7. The number of urea groups is 1. The first-order valence-electron chi connectivity index (χ1n) is 9.80. The van der Waals surface area contributed by atoms with Crippen molar-refractivity contribution in [1.82, 2.24) is 19.4 Å². The van der Waals surface area contributed by atoms with E-state index in [1.165, 1.54) is 21.3 Å². The lowest BCUT2D eigenvalue weighted by Gasteiger charge is -2.34. The summed E-state index contributed by atoms with van der Waals surface area (Å²) in [6, 6.07) is 5.86. The number of hydrogen-bond donors (Lipinski definition) is 1. The maximum Gasteiger partial charge on any atom is 0.325 e. The Labute approximate surface area is 183 Å². The summed E-state index contributed by atoms with van der Waals surface area (Å²) in [5.74, 6) is -0.597. The van der Waals surface area contributed by atoms with E-state index in [1.54, 1.807) is 19.1 Å². The van der Waals surface area contributed by atoms with Crippen molar-refractivity contribution in [2.24, 2.45) is 5.92 Å². The molecule has 4 amide bonds. The molecule has 30 heavy (non-hydrogen) atoms. The first-order valence-corrected chi connectivity index (χ1v) is 12.0. The summed E-state index contributed by atoms with van der Waals surface area (Å²) in [7, 11) is -3.64. The molecule has 2 heterocycles. The van der Waals surface area contributed by atoms with E-state index in [0.29, 0.717) is 0 Å². The Kier molecular flexibility index (Phi) is 5.39. The maximum absolute atomic E-state index is 12.8. The number of rotatable bonds is 5. The number of carbonyl (C=O) groups is 3. The summed E-state index contributed by atoms with van der Waals surface area (Å²) in [5.41, 5.74) is -0.922. The number of halogens is 1. The van der Waals surface area contributed by atoms with Gasteiger partial charge in [-0.2, -0.15) is 4.31 Å². The van der Waals surface area contributed by atoms with Crippen LogP contribution in [0.5, 0.6) is 0 Å². The Morgan fingerprint density at radius 1 is 1.13 bits per heavy atom. The predicted octanol–water partition coefficient (Wildman–Crippen LogP) is 1.00. The van der Waals surface area contributed by atoms with Gasteiger partial charge >= 0.3 is 6.03 Å². The molecular weight excluding hydrogens is 476 g/mol. The summed E-state index contributed by atoms with van der Waals surface area (Å²) in [6.45, 7) is 2.11. The molecule has 0 spiro atoms. The molecule has 3 fully saturated rings. The van der Waals surface area contributed by atoms with Gasteiger partial charge in [0.2, 0.25) is 15.9 Å². The number of nitrogens with one attached hydrogen (secondary N) is 1. The van der Waals surface area contributed by atoms with E-state index in [4.69, 9.17) is 0 Å². The van der Waals surface area contributed by atoms with Crippen molar-refractivity contribution in [1.29, 1.82) is 0 Å². The van der Waals surface area contributed by atoms with Gasteiger partial charge in [0, 0.05) is 30.7 Å². The maximum atomic E-state index is 12.8. The molecule has 3 aliphatic rings. The highest BCUT2D eigenvalue weighted by molar-refractivity contribution is 9.10. The van der Waals surface area contributed by atoms with Crippen molar-refractivity contribution in [3.8, 4) is 0 Å². The normalized spacial score (nSPS) is 25.5. The highest BCUT2D eigenvalue weighted by Gasteiger charge is 2.56. The Balaban J connectivity index is 1.36. The second kappa shape index (κ2) is 7.61. The SMILES string of the molecule is CC1(C2CC2)NC(=O)N(CC(=O)N2CCN(S(=O)(=O)c3ccc(Br)cc3)CC2)C1=O. The lowest BCUT2D eigenvalue weighted by molar-refractivity contribution is -0.139. The molecule has 11 heteroatoms. The van der Waals surface area contributed by atoms with Gasteiger partial charge in [-0.3, -0.25) is 14.5 Å². The Hall–Kier alpha value is -1.98. The van der Waals surface area contributed by atoms with Crippen LogP contribution in [-0.2, 0) is 19.6 Å². The number of imide groups is 1. The van der Waals surface area contributed by atoms with Gasteiger partial charge in [-0.1, -0.05) is 15.9 Å². The van der Waals surface area contributed by atoms with E-state index in [2.05, 4.69) is 21.2 Å². The van der Waals surface area contributed by atoms with Gasteiger partial charge in [-0.25, -0.2) is 13.2 Å². The van der Waals surface area contributed by atoms with Gasteiger partial charge in [0.1, 0.15) is 12.1 Å². The molecular formula is C19H23BrN4O5S. The van der Waals surface area contributed by atoms with Crippen LogP contribution < -0.4 is 5.32 Å². The van der Waals surface area contributed by atoms with E-state index in [1.807, 2.05) is 0 Å². The molecule has 4 rings (SSSR count). The fourth-order valence-corrected chi connectivity index (χ4v) is 5.65. The monoisotopic (exact) mass is 498 g/mol. The number of benzene rings is 1. The van der Waals surface area contributed by atoms with Crippen LogP contribution >= 0.6 is 15.9 Å². The predicted molar refractivity (Wildman–Crippen MR) is 111 cm³/mol. The Bertz CT molecular complexity index is 987. The Morgan fingerprint density at radius 3 is 2.30 bits per heavy atom. The smallest absolute Gasteiger partial charge is 0.325 e. The molecule has 1 aromatic rings. The zero-order chi connectivity index (χ0) is 21.7. The zero-order valence-corrected chi connectivity index (χ0v) is 18.9. The number of hydrogen-bond acceptors (Lipinski definition) is 5. The summed E-state index contributed by atoms with van der Waals surface area (Å²) in [5, 5.41) is 2.73. The number of piperazine rings is 1. The molecule has 162 valence electrons. The Morgan fingerprint density at radius 2 is 1.73 bits per heavy atom. The minimum atomic E-state index is -3.64. The molecule has 2 aliphatic heterocycles. The third kappa shape index (κ3) is 3.74. The number of sulfonamides is 1. The van der Waals surface area contributed by atoms with Gasteiger partial charge in [-0.05, 0) is 49.9 Å². The number of amides is 4. The van der Waals surface area contributed by atoms with E-state index in [0.717, 1.165) is 22.2 Å². The van der Waals surface area contributed by atoms with E-state index < -0.39 is 21.6 Å². The van der Waals surface area contributed by atoms with Crippen molar-refractivity contribution in [3.63, 3.8) is 0 Å². The van der Waals surface area contributed by atoms with E-state index in [-0.39, 0.29) is 55.4 Å². The van der Waals surface area contributed by atoms with Gasteiger partial charge < -0.3 is 10.2 Å². The first kappa shape index (κ1) is 21.3. The zero-order valence-electron chi connectivity index (χ0n) is 16.5. The summed E-state index contributed by atoms with van der Waals surface area (Å²) >= 11 is 3.29. The van der Waals surface area contributed by atoms with E-state index in [9.17, 15) is 22.8 Å². The van der Waals surface area contributed by atoms with Gasteiger partial charge in [0.15, 0.2) is 0 Å². The fraction of sp³-hybridized carbons (Fsp3) is 0.526. The van der Waals surface area contributed by atoms with Gasteiger partial charge in [0.25, 0.3) is 5.91 Å². The van der Waals surface area contributed by atoms with Crippen LogP contribution in [0, 0.1) is 5.92 Å². The van der Waals surface area contributed by atoms with Crippen molar-refractivity contribution < 1.29 is 22.8 Å². The molecule has 1 atom stereocenters. The minimum absolute atomic E-state index is 0.126. The average molecular weight is 499 g/mol. The van der Waals surface area contributed by atoms with Crippen molar-refractivity contribution >= 4 is 43.8 Å². The standard InChI is InChI=1S/C19H23BrN4O5S/c1-19(13-2-3-13)17(26)24(18(27)21-19)12-16(25)22-8-10-23(11-9-22)30(28,29)15-6-4-14(20)5-7-15/h4-7,13H,2-3,8-12H2,1H3,(H,21,27). The van der Waals surface area contributed by atoms with E-state index >= 15 is 0 Å². The molecule has 1 N–H and O–H groups in total. The quantitative estimate of drug-likeness (QED) is 0.609. The van der Waals surface area contributed by atoms with Crippen LogP contribution in [0.1, 0.15) is 19.8 Å². The van der Waals surface area contributed by atoms with Crippen molar-refractivity contribution in [3.05, 3.63) is 28.7 Å². The van der Waals surface area contributed by atoms with Gasteiger partial charge in [-0.15, -0.1) is 0 Å². The molecule has 0 radical (unpaired) electrons. The van der Waals surface area contributed by atoms with Crippen LogP contribution in [-0.4, -0.2) is 78.6 Å². The third-order valence-electron chi connectivity index (χ3n) is 6.03. The molecule has 2 saturated heterocycles. The minimum Gasteiger partial charge on any atom is -0.338 e. The highest BCUT2D eigenvalue weighted by atomic mass is 79.9. The molecule has 1 aliphatic carbocycles. The largest absolute Gasteiger partial charge is 0.338 e. The molecule has 1 unspecified atom stereocenters. The summed E-state index contributed by atoms with van der Waals surface area (Å²) in [4.78, 5) is 40.3. The molecule has 1 aromatic carbocycles. The van der Waals surface area contributed by atoms with Crippen LogP contribution in [0.3, 0.4) is 0 Å². The molecule has 1 saturated carbocycles. The summed E-state index contributed by atoms with van der Waals surface area (Å²) in [6.07, 6.45) is 1.78. The van der Waals surface area contributed by atoms with Crippen LogP contribution in [0.4, 0.5) is 4.79 Å². The topological polar surface area (TPSA) is 107 Å². The second-order valence-corrected chi connectivity index (χ2v) is 10.9. The van der Waals surface area contributed by atoms with Crippen LogP contribution in [0.25, 0.3) is 0 Å². The van der Waals surface area contributed by atoms with Crippen molar-refractivity contribution in [2.75, 3.05) is 32.7 Å². The lowest BCUT2D eigenvalue weighted by atomic mass is 9.96. The van der Waals surface area contributed by atoms with Crippen LogP contribution in [0.2, 0.25) is 0 Å². The molecule has 0 aromatic heterocycles. The van der Waals surface area contributed by atoms with Gasteiger partial charge in [0.05, 0.1) is 4.90 Å². The number of carbonyl (C=O) groups excluding carboxylic acids is 3. The second-order valence-electron chi connectivity index (χ2n) is 8.04. The highest BCUT2D eigenvalue weighted by Crippen LogP contribution is 2.42. The third-order valence-corrected chi connectivity index (χ3v) is 8.47. The molecule has 9 nitrogen and oxygen atoms in total. The first-order chi connectivity index (χ1) is 14.1. The number of nitrogens with zero attached hydrogens (tertiary/aromatic N) is 3. The molecule has 0 bridgehead atoms. The van der Waals surface area contributed by atoms with Crippen molar-refractivity contribution in [2.45, 2.75) is 30.2 Å². The lowest BCUT2D eigenvalue weighted by Crippen LogP contribution is -2.53.